The van der Waals surface area contributed by atoms with Crippen LogP contribution in [0.1, 0.15) is 37.1 Å². The summed E-state index contributed by atoms with van der Waals surface area (Å²) in [5.41, 5.74) is 2.49. The number of anilines is 2. The van der Waals surface area contributed by atoms with Crippen LogP contribution >= 0.6 is 11.8 Å². The van der Waals surface area contributed by atoms with Gasteiger partial charge in [0.15, 0.2) is 5.16 Å². The zero-order valence-electron chi connectivity index (χ0n) is 16.9. The number of carbonyl (C=O) groups excluding carboxylic acids is 2. The Morgan fingerprint density at radius 3 is 2.77 bits per heavy atom. The lowest BCUT2D eigenvalue weighted by Gasteiger charge is -2.44. The number of amides is 2. The van der Waals surface area contributed by atoms with Gasteiger partial charge in [-0.05, 0) is 44.9 Å². The molecule has 154 valence electrons. The van der Waals surface area contributed by atoms with E-state index in [0.29, 0.717) is 29.5 Å². The first kappa shape index (κ1) is 19.0. The molecule has 2 aliphatic rings. The van der Waals surface area contributed by atoms with Gasteiger partial charge in [-0.1, -0.05) is 36.7 Å². The van der Waals surface area contributed by atoms with E-state index >= 15 is 0 Å². The molecule has 3 aromatic rings. The zero-order chi connectivity index (χ0) is 20.9. The van der Waals surface area contributed by atoms with Crippen LogP contribution in [0.25, 0.3) is 5.78 Å². The molecule has 0 radical (unpaired) electrons. The maximum absolute atomic E-state index is 13.5. The second kappa shape index (κ2) is 7.09. The Hall–Kier alpha value is -2.94. The molecule has 1 aliphatic heterocycles. The smallest absolute Gasteiger partial charge is 0.256 e. The molecule has 0 saturated heterocycles. The molecule has 1 spiro atoms. The minimum atomic E-state index is -0.798. The third kappa shape index (κ3) is 2.87. The predicted molar refractivity (Wildman–Crippen MR) is 115 cm³/mol. The summed E-state index contributed by atoms with van der Waals surface area (Å²) in [4.78, 5) is 32.7. The average molecular weight is 423 g/mol. The van der Waals surface area contributed by atoms with Gasteiger partial charge in [0, 0.05) is 11.4 Å². The molecule has 0 bridgehead atoms. The number of nitrogens with zero attached hydrogens (tertiary/aromatic N) is 5. The number of aromatic nitrogens is 4. The minimum absolute atomic E-state index is 0.0829. The minimum Gasteiger partial charge on any atom is -0.322 e. The quantitative estimate of drug-likeness (QED) is 0.652. The number of thioether (sulfide) groups is 1. The van der Waals surface area contributed by atoms with Gasteiger partial charge >= 0.3 is 0 Å². The normalized spacial score (nSPS) is 17.4. The van der Waals surface area contributed by atoms with Crippen LogP contribution in [0.15, 0.2) is 35.5 Å². The van der Waals surface area contributed by atoms with Gasteiger partial charge in [-0.15, -0.1) is 10.2 Å². The molecular formula is C21H22N6O2S. The first-order chi connectivity index (χ1) is 14.5. The first-order valence-corrected chi connectivity index (χ1v) is 11.0. The summed E-state index contributed by atoms with van der Waals surface area (Å²) >= 11 is 1.32. The van der Waals surface area contributed by atoms with Crippen molar-refractivity contribution in [1.29, 1.82) is 0 Å². The van der Waals surface area contributed by atoms with Gasteiger partial charge in [0.1, 0.15) is 5.54 Å². The number of nitrogens with one attached hydrogen (secondary N) is 1. The van der Waals surface area contributed by atoms with Gasteiger partial charge < -0.3 is 5.32 Å². The lowest BCUT2D eigenvalue weighted by molar-refractivity contribution is -0.126. The molecular weight excluding hydrogens is 400 g/mol. The number of carbonyl (C=O) groups is 2. The summed E-state index contributed by atoms with van der Waals surface area (Å²) in [6.07, 6.45) is 3.23. The van der Waals surface area contributed by atoms with E-state index in [-0.39, 0.29) is 17.6 Å². The summed E-state index contributed by atoms with van der Waals surface area (Å²) in [7, 11) is 0. The predicted octanol–water partition coefficient (Wildman–Crippen LogP) is 3.13. The standard InChI is InChI=1S/C21H22N6O2S/c1-13-11-14(2)26-19(22-13)24-25-20(26)30-12-17(28)27-16-8-4-3-7-15(16)23-18(29)21(27)9-5-6-10-21/h3-4,7-8,11H,5-6,9-10,12H2,1-2H3,(H,23,29). The van der Waals surface area contributed by atoms with Crippen molar-refractivity contribution < 1.29 is 9.59 Å². The molecule has 1 fully saturated rings. The second-order valence-electron chi connectivity index (χ2n) is 7.88. The lowest BCUT2D eigenvalue weighted by Crippen LogP contribution is -2.61. The van der Waals surface area contributed by atoms with E-state index < -0.39 is 5.54 Å². The number of rotatable bonds is 3. The molecule has 2 amide bonds. The van der Waals surface area contributed by atoms with Crippen LogP contribution in [0.5, 0.6) is 0 Å². The average Bonchev–Trinajstić information content (AvgIpc) is 3.35. The fourth-order valence-corrected chi connectivity index (χ4v) is 5.45. The highest BCUT2D eigenvalue weighted by Gasteiger charge is 2.52. The first-order valence-electron chi connectivity index (χ1n) is 10.1. The van der Waals surface area contributed by atoms with Gasteiger partial charge in [-0.2, -0.15) is 0 Å². The van der Waals surface area contributed by atoms with Gasteiger partial charge in [-0.25, -0.2) is 4.98 Å². The van der Waals surface area contributed by atoms with Crippen molar-refractivity contribution in [2.24, 2.45) is 0 Å². The van der Waals surface area contributed by atoms with E-state index in [1.165, 1.54) is 11.8 Å². The van der Waals surface area contributed by atoms with Crippen molar-refractivity contribution in [3.05, 3.63) is 41.7 Å². The second-order valence-corrected chi connectivity index (χ2v) is 8.83. The van der Waals surface area contributed by atoms with Crippen molar-refractivity contribution in [3.8, 4) is 0 Å². The Labute approximate surface area is 178 Å². The van der Waals surface area contributed by atoms with E-state index in [0.717, 1.165) is 29.9 Å². The third-order valence-electron chi connectivity index (χ3n) is 5.91. The number of fused-ring (bicyclic) bond motifs is 2. The number of para-hydroxylation sites is 2. The Morgan fingerprint density at radius 1 is 1.20 bits per heavy atom. The van der Waals surface area contributed by atoms with E-state index in [9.17, 15) is 9.59 Å². The lowest BCUT2D eigenvalue weighted by atomic mass is 9.90. The largest absolute Gasteiger partial charge is 0.322 e. The Morgan fingerprint density at radius 2 is 1.97 bits per heavy atom. The van der Waals surface area contributed by atoms with Gasteiger partial charge in [0.2, 0.25) is 5.91 Å². The molecule has 1 aliphatic carbocycles. The maximum atomic E-state index is 13.5. The summed E-state index contributed by atoms with van der Waals surface area (Å²) in [5.74, 6) is 0.508. The van der Waals surface area contributed by atoms with Crippen molar-refractivity contribution in [2.75, 3.05) is 16.0 Å². The summed E-state index contributed by atoms with van der Waals surface area (Å²) in [5, 5.41) is 12.0. The topological polar surface area (TPSA) is 92.5 Å². The van der Waals surface area contributed by atoms with Crippen LogP contribution in [0, 0.1) is 13.8 Å². The fraction of sp³-hybridized carbons (Fsp3) is 0.381. The van der Waals surface area contributed by atoms with Gasteiger partial charge in [0.25, 0.3) is 11.7 Å². The third-order valence-corrected chi connectivity index (χ3v) is 6.83. The molecule has 3 heterocycles. The molecule has 5 rings (SSSR count). The Balaban J connectivity index is 1.47. The Bertz CT molecular complexity index is 1170. The van der Waals surface area contributed by atoms with Crippen molar-refractivity contribution in [1.82, 2.24) is 19.6 Å². The maximum Gasteiger partial charge on any atom is 0.256 e. The van der Waals surface area contributed by atoms with Crippen LogP contribution < -0.4 is 10.2 Å². The fourth-order valence-electron chi connectivity index (χ4n) is 4.61. The molecule has 9 heteroatoms. The highest BCUT2D eigenvalue weighted by Crippen LogP contribution is 2.45. The summed E-state index contributed by atoms with van der Waals surface area (Å²) < 4.78 is 1.85. The SMILES string of the molecule is Cc1cc(C)n2c(SCC(=O)N3c4ccccc4NC(=O)C34CCCC4)nnc2n1. The Kier molecular flexibility index (Phi) is 4.50. The molecule has 0 atom stereocenters. The summed E-state index contributed by atoms with van der Waals surface area (Å²) in [6.45, 7) is 3.88. The molecule has 8 nitrogen and oxygen atoms in total. The van der Waals surface area contributed by atoms with Gasteiger partial charge in [-0.3, -0.25) is 18.9 Å². The molecule has 1 saturated carbocycles. The van der Waals surface area contributed by atoms with Crippen LogP contribution in [0.2, 0.25) is 0 Å². The molecule has 1 N–H and O–H groups in total. The number of aryl methyl sites for hydroxylation is 2. The highest BCUT2D eigenvalue weighted by molar-refractivity contribution is 7.99. The monoisotopic (exact) mass is 422 g/mol. The van der Waals surface area contributed by atoms with Gasteiger partial charge in [0.05, 0.1) is 17.1 Å². The molecule has 2 aromatic heterocycles. The molecule has 0 unspecified atom stereocenters. The van der Waals surface area contributed by atoms with Crippen LogP contribution in [0.3, 0.4) is 0 Å². The summed E-state index contributed by atoms with van der Waals surface area (Å²) in [6, 6.07) is 9.46. The highest BCUT2D eigenvalue weighted by atomic mass is 32.2. The molecule has 1 aromatic carbocycles. The van der Waals surface area contributed by atoms with Crippen LogP contribution in [-0.2, 0) is 9.59 Å². The van der Waals surface area contributed by atoms with Crippen molar-refractivity contribution in [3.63, 3.8) is 0 Å². The number of hydrogen-bond donors (Lipinski definition) is 1. The number of hydrogen-bond acceptors (Lipinski definition) is 6. The zero-order valence-corrected chi connectivity index (χ0v) is 17.7. The van der Waals surface area contributed by atoms with Crippen molar-refractivity contribution in [2.45, 2.75) is 50.2 Å². The van der Waals surface area contributed by atoms with E-state index in [1.54, 1.807) is 4.90 Å². The van der Waals surface area contributed by atoms with E-state index in [2.05, 4.69) is 20.5 Å². The number of benzene rings is 1. The molecule has 30 heavy (non-hydrogen) atoms. The van der Waals surface area contributed by atoms with Crippen LogP contribution in [-0.4, -0.2) is 42.7 Å². The van der Waals surface area contributed by atoms with E-state index in [1.807, 2.05) is 48.6 Å². The van der Waals surface area contributed by atoms with E-state index in [4.69, 9.17) is 0 Å². The van der Waals surface area contributed by atoms with Crippen molar-refractivity contribution >= 4 is 40.7 Å². The van der Waals surface area contributed by atoms with Crippen LogP contribution in [0.4, 0.5) is 11.4 Å².